The number of methoxy groups -OCH3 is 1. The molecule has 2 atom stereocenters. The van der Waals surface area contributed by atoms with E-state index in [0.29, 0.717) is 17.0 Å². The predicted molar refractivity (Wildman–Crippen MR) is 121 cm³/mol. The second-order valence-corrected chi connectivity index (χ2v) is 8.42. The molecule has 0 saturated heterocycles. The van der Waals surface area contributed by atoms with Gasteiger partial charge < -0.3 is 15.4 Å². The minimum absolute atomic E-state index is 0.0211. The summed E-state index contributed by atoms with van der Waals surface area (Å²) in [6, 6.07) is 18.2. The molecular formula is C22H17BrN4O3S. The highest BCUT2D eigenvalue weighted by atomic mass is 79.9. The Bertz CT molecular complexity index is 1120. The summed E-state index contributed by atoms with van der Waals surface area (Å²) in [5.41, 5.74) is 1.42. The van der Waals surface area contributed by atoms with Crippen LogP contribution in [0.25, 0.3) is 0 Å². The molecule has 0 saturated carbocycles. The van der Waals surface area contributed by atoms with Crippen LogP contribution in [-0.2, 0) is 9.59 Å². The third-order valence-corrected chi connectivity index (χ3v) is 6.16. The molecule has 156 valence electrons. The molecule has 2 N–H and O–H groups in total. The summed E-state index contributed by atoms with van der Waals surface area (Å²) in [4.78, 5) is 25.0. The smallest absolute Gasteiger partial charge is 0.243 e. The van der Waals surface area contributed by atoms with Crippen LogP contribution in [-0.4, -0.2) is 24.7 Å². The zero-order valence-electron chi connectivity index (χ0n) is 16.4. The number of carbonyl (C=O) groups is 2. The van der Waals surface area contributed by atoms with Crippen LogP contribution < -0.4 is 15.4 Å². The average Bonchev–Trinajstić information content (AvgIpc) is 2.78. The molecule has 2 amide bonds. The topological polar surface area (TPSA) is 115 Å². The van der Waals surface area contributed by atoms with Crippen molar-refractivity contribution in [1.82, 2.24) is 5.32 Å². The first-order valence-corrected chi connectivity index (χ1v) is 10.9. The second-order valence-electron chi connectivity index (χ2n) is 6.51. The Morgan fingerprint density at radius 2 is 1.94 bits per heavy atom. The Hall–Kier alpha value is -3.27. The van der Waals surface area contributed by atoms with Gasteiger partial charge in [0.25, 0.3) is 0 Å². The maximum Gasteiger partial charge on any atom is 0.243 e. The molecule has 0 spiro atoms. The van der Waals surface area contributed by atoms with E-state index in [2.05, 4.69) is 32.6 Å². The van der Waals surface area contributed by atoms with Crippen LogP contribution in [0.2, 0.25) is 0 Å². The number of nitriles is 2. The quantitative estimate of drug-likeness (QED) is 0.625. The molecule has 31 heavy (non-hydrogen) atoms. The number of amides is 2. The fourth-order valence-electron chi connectivity index (χ4n) is 3.21. The fraction of sp³-hybridized carbons (Fsp3) is 0.182. The van der Waals surface area contributed by atoms with Crippen molar-refractivity contribution in [2.24, 2.45) is 5.92 Å². The first-order valence-electron chi connectivity index (χ1n) is 9.14. The first kappa shape index (κ1) is 22.4. The zero-order chi connectivity index (χ0) is 22.4. The van der Waals surface area contributed by atoms with E-state index in [4.69, 9.17) is 4.74 Å². The lowest BCUT2D eigenvalue weighted by Gasteiger charge is -2.29. The number of rotatable bonds is 6. The first-order chi connectivity index (χ1) is 15.0. The van der Waals surface area contributed by atoms with Gasteiger partial charge in [-0.25, -0.2) is 0 Å². The number of benzene rings is 2. The maximum atomic E-state index is 12.6. The van der Waals surface area contributed by atoms with Crippen LogP contribution in [0.1, 0.15) is 11.5 Å². The number of hydrogen-bond donors (Lipinski definition) is 2. The number of allylic oxidation sites excluding steroid dienone is 1. The summed E-state index contributed by atoms with van der Waals surface area (Å²) in [7, 11) is 1.49. The fourth-order valence-corrected chi connectivity index (χ4v) is 4.32. The number of hydrogen-bond acceptors (Lipinski definition) is 6. The predicted octanol–water partition coefficient (Wildman–Crippen LogP) is 3.92. The molecule has 3 rings (SSSR count). The van der Waals surface area contributed by atoms with Crippen LogP contribution in [0.4, 0.5) is 5.69 Å². The van der Waals surface area contributed by atoms with Crippen molar-refractivity contribution in [3.05, 3.63) is 69.2 Å². The SMILES string of the molecule is COc1ccccc1[C@@H]1C(C#N)=C(SCC(=O)Nc2ccc(Br)cc2)NC(=O)[C@@H]1C#N. The van der Waals surface area contributed by atoms with Gasteiger partial charge in [-0.2, -0.15) is 10.5 Å². The number of ether oxygens (including phenoxy) is 1. The molecule has 9 heteroatoms. The summed E-state index contributed by atoms with van der Waals surface area (Å²) >= 11 is 4.38. The van der Waals surface area contributed by atoms with Crippen LogP contribution in [0.3, 0.4) is 0 Å². The zero-order valence-corrected chi connectivity index (χ0v) is 18.8. The second kappa shape index (κ2) is 10.2. The van der Waals surface area contributed by atoms with Crippen LogP contribution in [0.15, 0.2) is 63.6 Å². The molecule has 2 aromatic rings. The van der Waals surface area contributed by atoms with Gasteiger partial charge in [-0.15, -0.1) is 0 Å². The van der Waals surface area contributed by atoms with Crippen molar-refractivity contribution in [2.75, 3.05) is 18.2 Å². The molecule has 0 fully saturated rings. The highest BCUT2D eigenvalue weighted by Gasteiger charge is 2.40. The molecule has 1 aliphatic heterocycles. The van der Waals surface area contributed by atoms with E-state index in [-0.39, 0.29) is 22.3 Å². The Labute approximate surface area is 192 Å². The van der Waals surface area contributed by atoms with Gasteiger partial charge in [0.05, 0.1) is 41.5 Å². The maximum absolute atomic E-state index is 12.6. The molecule has 2 aromatic carbocycles. The van der Waals surface area contributed by atoms with Crippen molar-refractivity contribution in [1.29, 1.82) is 10.5 Å². The number of anilines is 1. The molecule has 0 radical (unpaired) electrons. The van der Waals surface area contributed by atoms with E-state index in [1.54, 1.807) is 48.5 Å². The van der Waals surface area contributed by atoms with Gasteiger partial charge in [0, 0.05) is 15.7 Å². The minimum Gasteiger partial charge on any atom is -0.496 e. The Morgan fingerprint density at radius 3 is 2.58 bits per heavy atom. The average molecular weight is 497 g/mol. The molecule has 0 unspecified atom stereocenters. The van der Waals surface area contributed by atoms with Gasteiger partial charge in [0.2, 0.25) is 11.8 Å². The minimum atomic E-state index is -1.09. The summed E-state index contributed by atoms with van der Waals surface area (Å²) in [5, 5.41) is 25.1. The standard InChI is InChI=1S/C22H17BrN4O3S/c1-30-18-5-3-2-4-15(18)20-16(10-24)21(29)27-22(17(20)11-25)31-12-19(28)26-14-8-6-13(23)7-9-14/h2-9,16,20H,12H2,1H3,(H,26,28)(H,27,29)/t16-,20+/m1/s1. The van der Waals surface area contributed by atoms with E-state index in [9.17, 15) is 20.1 Å². The van der Waals surface area contributed by atoms with Gasteiger partial charge >= 0.3 is 0 Å². The van der Waals surface area contributed by atoms with Crippen LogP contribution >= 0.6 is 27.7 Å². The van der Waals surface area contributed by atoms with Crippen molar-refractivity contribution in [2.45, 2.75) is 5.92 Å². The normalized spacial score (nSPS) is 17.9. The molecule has 0 aliphatic carbocycles. The number of carbonyl (C=O) groups excluding carboxylic acids is 2. The lowest BCUT2D eigenvalue weighted by Crippen LogP contribution is -2.39. The summed E-state index contributed by atoms with van der Waals surface area (Å²) < 4.78 is 6.27. The molecule has 0 aromatic heterocycles. The van der Waals surface area contributed by atoms with E-state index in [1.807, 2.05) is 6.07 Å². The van der Waals surface area contributed by atoms with Gasteiger partial charge in [0.15, 0.2) is 0 Å². The molecular weight excluding hydrogens is 480 g/mol. The van der Waals surface area contributed by atoms with Gasteiger partial charge in [-0.1, -0.05) is 45.9 Å². The van der Waals surface area contributed by atoms with Crippen molar-refractivity contribution in [3.63, 3.8) is 0 Å². The van der Waals surface area contributed by atoms with E-state index < -0.39 is 17.7 Å². The van der Waals surface area contributed by atoms with Gasteiger partial charge in [-0.05, 0) is 30.3 Å². The van der Waals surface area contributed by atoms with Crippen molar-refractivity contribution in [3.8, 4) is 17.9 Å². The lowest BCUT2D eigenvalue weighted by atomic mass is 9.79. The number of thioether (sulfide) groups is 1. The monoisotopic (exact) mass is 496 g/mol. The molecule has 7 nitrogen and oxygen atoms in total. The number of para-hydroxylation sites is 1. The third kappa shape index (κ3) is 5.08. The lowest BCUT2D eigenvalue weighted by molar-refractivity contribution is -0.123. The van der Waals surface area contributed by atoms with E-state index in [0.717, 1.165) is 16.2 Å². The summed E-state index contributed by atoms with van der Waals surface area (Å²) in [6.45, 7) is 0. The number of nitrogens with one attached hydrogen (secondary N) is 2. The van der Waals surface area contributed by atoms with E-state index >= 15 is 0 Å². The van der Waals surface area contributed by atoms with E-state index in [1.165, 1.54) is 7.11 Å². The summed E-state index contributed by atoms with van der Waals surface area (Å²) in [5.74, 6) is -2.24. The van der Waals surface area contributed by atoms with Crippen LogP contribution in [0, 0.1) is 28.6 Å². The Balaban J connectivity index is 1.87. The van der Waals surface area contributed by atoms with Crippen molar-refractivity contribution >= 4 is 45.2 Å². The van der Waals surface area contributed by atoms with Crippen molar-refractivity contribution < 1.29 is 14.3 Å². The number of halogens is 1. The third-order valence-electron chi connectivity index (χ3n) is 4.62. The molecule has 0 bridgehead atoms. The highest BCUT2D eigenvalue weighted by Crippen LogP contribution is 2.42. The number of nitrogens with zero attached hydrogens (tertiary/aromatic N) is 2. The Kier molecular flexibility index (Phi) is 7.35. The largest absolute Gasteiger partial charge is 0.496 e. The molecule has 1 heterocycles. The van der Waals surface area contributed by atoms with Gasteiger partial charge in [0.1, 0.15) is 11.7 Å². The Morgan fingerprint density at radius 1 is 1.23 bits per heavy atom. The highest BCUT2D eigenvalue weighted by molar-refractivity contribution is 9.10. The van der Waals surface area contributed by atoms with Gasteiger partial charge in [-0.3, -0.25) is 9.59 Å². The summed E-state index contributed by atoms with van der Waals surface area (Å²) in [6.07, 6.45) is 0. The molecule has 1 aliphatic rings. The van der Waals surface area contributed by atoms with Crippen LogP contribution in [0.5, 0.6) is 5.75 Å².